The van der Waals surface area contributed by atoms with Gasteiger partial charge in [0.05, 0.1) is 11.7 Å². The zero-order chi connectivity index (χ0) is 22.7. The van der Waals surface area contributed by atoms with Gasteiger partial charge >= 0.3 is 0 Å². The molecule has 3 fully saturated rings. The topological polar surface area (TPSA) is 38.3 Å². The van der Waals surface area contributed by atoms with Gasteiger partial charge in [-0.15, -0.1) is 0 Å². The van der Waals surface area contributed by atoms with Gasteiger partial charge in [0.1, 0.15) is 0 Å². The zero-order valence-corrected chi connectivity index (χ0v) is 21.1. The van der Waals surface area contributed by atoms with Crippen LogP contribution in [0.3, 0.4) is 0 Å². The molecule has 0 aromatic rings. The van der Waals surface area contributed by atoms with E-state index in [1.807, 2.05) is 6.08 Å². The van der Waals surface area contributed by atoms with E-state index in [0.717, 1.165) is 50.0 Å². The van der Waals surface area contributed by atoms with Gasteiger partial charge in [-0.25, -0.2) is 0 Å². The van der Waals surface area contributed by atoms with E-state index in [1.165, 1.54) is 44.1 Å². The number of ketones is 1. The molecule has 3 heteroatoms. The summed E-state index contributed by atoms with van der Waals surface area (Å²) in [6.45, 7) is 10.8. The SMILES string of the molecule is CNC[C@@H](C)C[C@@H]1C[C@@H](C)[C@@]2(CC[C@@H]3C(=C(C)C2)C[C@H]2[C@H]3CCC3=CC(=O)CC[C@@]32C)O1. The molecule has 5 aliphatic rings. The standard InChI is InChI=1S/C29H45NO2/c1-18(17-30-5)12-23-13-20(3)29(32-23)11-9-24-25-7-6-21-14-22(31)8-10-28(21,4)27(25)15-26(24)19(2)16-29/h14,18,20,23-25,27,30H,6-13,15-17H2,1-5H3/t18-,20+,23+,24-,25-,27-,28-,29-/m0/s1. The predicted molar refractivity (Wildman–Crippen MR) is 130 cm³/mol. The van der Waals surface area contributed by atoms with E-state index in [2.05, 4.69) is 40.1 Å². The van der Waals surface area contributed by atoms with Crippen molar-refractivity contribution < 1.29 is 9.53 Å². The summed E-state index contributed by atoms with van der Waals surface area (Å²) in [7, 11) is 2.05. The van der Waals surface area contributed by atoms with Gasteiger partial charge in [-0.3, -0.25) is 4.79 Å². The van der Waals surface area contributed by atoms with Gasteiger partial charge in [-0.05, 0) is 119 Å². The zero-order valence-electron chi connectivity index (χ0n) is 21.1. The highest BCUT2D eigenvalue weighted by molar-refractivity contribution is 5.91. The van der Waals surface area contributed by atoms with Crippen LogP contribution in [0.5, 0.6) is 0 Å². The van der Waals surface area contributed by atoms with Crippen molar-refractivity contribution in [1.29, 1.82) is 0 Å². The Morgan fingerprint density at radius 1 is 1.25 bits per heavy atom. The van der Waals surface area contributed by atoms with Crippen LogP contribution in [0.4, 0.5) is 0 Å². The van der Waals surface area contributed by atoms with Crippen molar-refractivity contribution in [2.24, 2.45) is 35.0 Å². The van der Waals surface area contributed by atoms with Crippen molar-refractivity contribution in [3.63, 3.8) is 0 Å². The van der Waals surface area contributed by atoms with Gasteiger partial charge in [0, 0.05) is 6.42 Å². The van der Waals surface area contributed by atoms with E-state index in [1.54, 1.807) is 11.1 Å². The lowest BCUT2D eigenvalue weighted by Crippen LogP contribution is -2.40. The Morgan fingerprint density at radius 2 is 2.06 bits per heavy atom. The van der Waals surface area contributed by atoms with Crippen molar-refractivity contribution in [1.82, 2.24) is 5.32 Å². The molecular weight excluding hydrogens is 394 g/mol. The Morgan fingerprint density at radius 3 is 2.84 bits per heavy atom. The van der Waals surface area contributed by atoms with Crippen LogP contribution in [-0.2, 0) is 9.53 Å². The van der Waals surface area contributed by atoms with E-state index in [9.17, 15) is 4.79 Å². The molecule has 0 aromatic carbocycles. The summed E-state index contributed by atoms with van der Waals surface area (Å²) in [6.07, 6.45) is 14.1. The minimum Gasteiger partial charge on any atom is -0.371 e. The monoisotopic (exact) mass is 439 g/mol. The van der Waals surface area contributed by atoms with Crippen LogP contribution in [-0.4, -0.2) is 31.1 Å². The Kier molecular flexibility index (Phi) is 5.98. The van der Waals surface area contributed by atoms with Crippen LogP contribution in [0.15, 0.2) is 22.8 Å². The molecule has 1 spiro atoms. The lowest BCUT2D eigenvalue weighted by atomic mass is 9.56. The minimum atomic E-state index is 0.0713. The third-order valence-electron chi connectivity index (χ3n) is 10.6. The van der Waals surface area contributed by atoms with Gasteiger partial charge in [-0.1, -0.05) is 37.5 Å². The number of carbonyl (C=O) groups excluding carboxylic acids is 1. The molecule has 2 saturated carbocycles. The van der Waals surface area contributed by atoms with Crippen LogP contribution in [0.25, 0.3) is 0 Å². The summed E-state index contributed by atoms with van der Waals surface area (Å²) in [5.41, 5.74) is 5.26. The molecule has 1 N–H and O–H groups in total. The second-order valence-corrected chi connectivity index (χ2v) is 12.5. The number of carbonyl (C=O) groups is 1. The average molecular weight is 440 g/mol. The summed E-state index contributed by atoms with van der Waals surface area (Å²) in [6, 6.07) is 0. The Hall–Kier alpha value is -0.930. The lowest BCUT2D eigenvalue weighted by molar-refractivity contribution is -0.116. The number of hydrogen-bond acceptors (Lipinski definition) is 3. The molecule has 1 aliphatic heterocycles. The Labute approximate surface area is 195 Å². The molecule has 1 saturated heterocycles. The number of nitrogens with one attached hydrogen (secondary N) is 1. The number of fused-ring (bicyclic) bond motifs is 5. The number of hydrogen-bond donors (Lipinski definition) is 1. The fraction of sp³-hybridized carbons (Fsp3) is 0.828. The average Bonchev–Trinajstić information content (AvgIpc) is 3.21. The molecule has 8 atom stereocenters. The smallest absolute Gasteiger partial charge is 0.155 e. The van der Waals surface area contributed by atoms with Crippen molar-refractivity contribution >= 4 is 5.78 Å². The summed E-state index contributed by atoms with van der Waals surface area (Å²) in [5.74, 6) is 4.01. The molecule has 5 rings (SSSR count). The second kappa shape index (κ2) is 8.38. The molecule has 32 heavy (non-hydrogen) atoms. The highest BCUT2D eigenvalue weighted by atomic mass is 16.5. The molecule has 0 amide bonds. The van der Waals surface area contributed by atoms with Crippen LogP contribution in [0.1, 0.15) is 91.9 Å². The number of rotatable bonds is 4. The van der Waals surface area contributed by atoms with Crippen molar-refractivity contribution in [3.8, 4) is 0 Å². The maximum atomic E-state index is 12.1. The minimum absolute atomic E-state index is 0.0713. The van der Waals surface area contributed by atoms with Gasteiger partial charge in [0.25, 0.3) is 0 Å². The van der Waals surface area contributed by atoms with Gasteiger partial charge in [-0.2, -0.15) is 0 Å². The Balaban J connectivity index is 1.36. The highest BCUT2D eigenvalue weighted by Crippen LogP contribution is 2.64. The van der Waals surface area contributed by atoms with Crippen LogP contribution < -0.4 is 5.32 Å². The molecule has 178 valence electrons. The van der Waals surface area contributed by atoms with E-state index in [-0.39, 0.29) is 11.0 Å². The normalized spacial score (nSPS) is 44.7. The first-order chi connectivity index (χ1) is 15.3. The largest absolute Gasteiger partial charge is 0.371 e. The van der Waals surface area contributed by atoms with Crippen molar-refractivity contribution in [2.75, 3.05) is 13.6 Å². The predicted octanol–water partition coefficient (Wildman–Crippen LogP) is 6.24. The molecule has 3 nitrogen and oxygen atoms in total. The van der Waals surface area contributed by atoms with E-state index in [0.29, 0.717) is 23.7 Å². The van der Waals surface area contributed by atoms with E-state index in [4.69, 9.17) is 4.74 Å². The lowest BCUT2D eigenvalue weighted by Gasteiger charge is -2.48. The summed E-state index contributed by atoms with van der Waals surface area (Å²) < 4.78 is 6.98. The van der Waals surface area contributed by atoms with E-state index < -0.39 is 0 Å². The molecule has 0 aromatic heterocycles. The maximum absolute atomic E-state index is 12.1. The quantitative estimate of drug-likeness (QED) is 0.527. The van der Waals surface area contributed by atoms with Crippen molar-refractivity contribution in [2.45, 2.75) is 104 Å². The molecule has 0 radical (unpaired) electrons. The van der Waals surface area contributed by atoms with Crippen LogP contribution in [0.2, 0.25) is 0 Å². The first kappa shape index (κ1) is 22.8. The summed E-state index contributed by atoms with van der Waals surface area (Å²) >= 11 is 0. The fourth-order valence-electron chi connectivity index (χ4n) is 8.84. The first-order valence-corrected chi connectivity index (χ1v) is 13.5. The second-order valence-electron chi connectivity index (χ2n) is 12.5. The molecular formula is C29H45NO2. The molecule has 4 aliphatic carbocycles. The summed E-state index contributed by atoms with van der Waals surface area (Å²) in [4.78, 5) is 12.1. The first-order valence-electron chi connectivity index (χ1n) is 13.5. The molecule has 0 bridgehead atoms. The fourth-order valence-corrected chi connectivity index (χ4v) is 8.84. The van der Waals surface area contributed by atoms with Gasteiger partial charge in [0.15, 0.2) is 5.78 Å². The molecule has 0 unspecified atom stereocenters. The molecule has 1 heterocycles. The third kappa shape index (κ3) is 3.66. The maximum Gasteiger partial charge on any atom is 0.155 e. The highest BCUT2D eigenvalue weighted by Gasteiger charge is 2.56. The summed E-state index contributed by atoms with van der Waals surface area (Å²) in [5, 5.41) is 3.33. The third-order valence-corrected chi connectivity index (χ3v) is 10.6. The van der Waals surface area contributed by atoms with Crippen molar-refractivity contribution in [3.05, 3.63) is 22.8 Å². The van der Waals surface area contributed by atoms with Gasteiger partial charge < -0.3 is 10.1 Å². The van der Waals surface area contributed by atoms with E-state index >= 15 is 0 Å². The number of allylic oxidation sites excluding steroid dienone is 3. The number of ether oxygens (including phenoxy) is 1. The van der Waals surface area contributed by atoms with Gasteiger partial charge in [0.2, 0.25) is 0 Å². The van der Waals surface area contributed by atoms with Crippen LogP contribution in [0, 0.1) is 35.0 Å². The Bertz CT molecular complexity index is 827. The van der Waals surface area contributed by atoms with Crippen LogP contribution >= 0.6 is 0 Å².